The maximum Gasteiger partial charge on any atom is 0.0108 e. The molecule has 70 valence electrons. The molecule has 1 heterocycles. The van der Waals surface area contributed by atoms with E-state index < -0.39 is 0 Å². The number of hydrogen-bond acceptors (Lipinski definition) is 2. The smallest absolute Gasteiger partial charge is 0.0108 e. The first-order chi connectivity index (χ1) is 5.68. The Hall–Kier alpha value is -0.0800. The Labute approximate surface area is 75.1 Å². The molecule has 2 heteroatoms. The zero-order valence-corrected chi connectivity index (χ0v) is 8.16. The third-order valence-corrected chi connectivity index (χ3v) is 3.82. The van der Waals surface area contributed by atoms with Crippen molar-refractivity contribution in [2.75, 3.05) is 20.1 Å². The maximum atomic E-state index is 6.20. The van der Waals surface area contributed by atoms with Crippen molar-refractivity contribution in [1.29, 1.82) is 0 Å². The van der Waals surface area contributed by atoms with Crippen molar-refractivity contribution in [3.63, 3.8) is 0 Å². The highest BCUT2D eigenvalue weighted by atomic mass is 15.1. The standard InChI is InChI=1S/C10H20N2/c1-7-3-4-8-5-12(2)6-9(8)10(7)11/h7-10H,3-6,11H2,1-2H3/t7?,8-,9+,10-/m1/s1. The third kappa shape index (κ3) is 1.27. The number of likely N-dealkylation sites (tertiary alicyclic amines) is 1. The summed E-state index contributed by atoms with van der Waals surface area (Å²) in [7, 11) is 2.22. The van der Waals surface area contributed by atoms with Gasteiger partial charge in [0.2, 0.25) is 0 Å². The van der Waals surface area contributed by atoms with E-state index in [2.05, 4.69) is 18.9 Å². The van der Waals surface area contributed by atoms with E-state index in [1.54, 1.807) is 0 Å². The maximum absolute atomic E-state index is 6.20. The van der Waals surface area contributed by atoms with Crippen LogP contribution in [0.1, 0.15) is 19.8 Å². The van der Waals surface area contributed by atoms with Crippen LogP contribution in [0.3, 0.4) is 0 Å². The van der Waals surface area contributed by atoms with Crippen LogP contribution in [-0.4, -0.2) is 31.1 Å². The molecule has 1 saturated heterocycles. The summed E-state index contributed by atoms with van der Waals surface area (Å²) in [6, 6.07) is 0.466. The fourth-order valence-electron chi connectivity index (χ4n) is 2.95. The predicted molar refractivity (Wildman–Crippen MR) is 50.9 cm³/mol. The van der Waals surface area contributed by atoms with Gasteiger partial charge in [0.15, 0.2) is 0 Å². The zero-order chi connectivity index (χ0) is 8.72. The molecule has 2 N–H and O–H groups in total. The van der Waals surface area contributed by atoms with E-state index in [1.165, 1.54) is 25.9 Å². The fourth-order valence-corrected chi connectivity index (χ4v) is 2.95. The lowest BCUT2D eigenvalue weighted by Crippen LogP contribution is -2.43. The van der Waals surface area contributed by atoms with E-state index in [0.717, 1.165) is 17.8 Å². The summed E-state index contributed by atoms with van der Waals surface area (Å²) in [5, 5.41) is 0. The molecule has 2 nitrogen and oxygen atoms in total. The molecule has 2 aliphatic rings. The van der Waals surface area contributed by atoms with Crippen LogP contribution in [-0.2, 0) is 0 Å². The average molecular weight is 168 g/mol. The van der Waals surface area contributed by atoms with Crippen molar-refractivity contribution in [2.45, 2.75) is 25.8 Å². The minimum Gasteiger partial charge on any atom is -0.327 e. The van der Waals surface area contributed by atoms with Gasteiger partial charge in [0.05, 0.1) is 0 Å². The second-order valence-electron chi connectivity index (χ2n) is 4.78. The van der Waals surface area contributed by atoms with Crippen molar-refractivity contribution in [3.8, 4) is 0 Å². The second-order valence-corrected chi connectivity index (χ2v) is 4.78. The molecule has 4 atom stereocenters. The van der Waals surface area contributed by atoms with E-state index >= 15 is 0 Å². The largest absolute Gasteiger partial charge is 0.327 e. The van der Waals surface area contributed by atoms with Gasteiger partial charge in [-0.05, 0) is 37.6 Å². The summed E-state index contributed by atoms with van der Waals surface area (Å²) in [4.78, 5) is 2.44. The zero-order valence-electron chi connectivity index (χ0n) is 8.16. The number of rotatable bonds is 0. The van der Waals surface area contributed by atoms with E-state index in [1.807, 2.05) is 0 Å². The van der Waals surface area contributed by atoms with E-state index in [9.17, 15) is 0 Å². The molecule has 2 rings (SSSR count). The first-order valence-corrected chi connectivity index (χ1v) is 5.12. The minimum absolute atomic E-state index is 0.466. The fraction of sp³-hybridized carbons (Fsp3) is 1.00. The van der Waals surface area contributed by atoms with Crippen LogP contribution < -0.4 is 5.73 Å². The molecule has 1 aliphatic carbocycles. The van der Waals surface area contributed by atoms with Crippen molar-refractivity contribution >= 4 is 0 Å². The lowest BCUT2D eigenvalue weighted by Gasteiger charge is -2.35. The van der Waals surface area contributed by atoms with Gasteiger partial charge in [-0.1, -0.05) is 6.92 Å². The van der Waals surface area contributed by atoms with Gasteiger partial charge in [0, 0.05) is 19.1 Å². The molecule has 0 aromatic heterocycles. The van der Waals surface area contributed by atoms with E-state index in [0.29, 0.717) is 6.04 Å². The van der Waals surface area contributed by atoms with Gasteiger partial charge in [0.25, 0.3) is 0 Å². The molecule has 0 aromatic carbocycles. The summed E-state index contributed by atoms with van der Waals surface area (Å²) in [6.45, 7) is 4.82. The van der Waals surface area contributed by atoms with Gasteiger partial charge in [0.1, 0.15) is 0 Å². The van der Waals surface area contributed by atoms with Crippen LogP contribution in [0.2, 0.25) is 0 Å². The van der Waals surface area contributed by atoms with Gasteiger partial charge in [-0.2, -0.15) is 0 Å². The number of fused-ring (bicyclic) bond motifs is 1. The Bertz CT molecular complexity index is 167. The molecular formula is C10H20N2. The first-order valence-electron chi connectivity index (χ1n) is 5.12. The Morgan fingerprint density at radius 1 is 1.25 bits per heavy atom. The molecule has 0 bridgehead atoms. The monoisotopic (exact) mass is 168 g/mol. The first kappa shape index (κ1) is 8.52. The highest BCUT2D eigenvalue weighted by Gasteiger charge is 2.40. The normalized spacial score (nSPS) is 49.2. The second kappa shape index (κ2) is 3.00. The molecular weight excluding hydrogens is 148 g/mol. The van der Waals surface area contributed by atoms with Crippen LogP contribution in [0.4, 0.5) is 0 Å². The quantitative estimate of drug-likeness (QED) is 0.583. The third-order valence-electron chi connectivity index (χ3n) is 3.82. The Kier molecular flexibility index (Phi) is 2.13. The van der Waals surface area contributed by atoms with Crippen molar-refractivity contribution in [2.24, 2.45) is 23.5 Å². The summed E-state index contributed by atoms with van der Waals surface area (Å²) >= 11 is 0. The van der Waals surface area contributed by atoms with Gasteiger partial charge >= 0.3 is 0 Å². The summed E-state index contributed by atoms with van der Waals surface area (Å²) in [6.07, 6.45) is 2.75. The average Bonchev–Trinajstić information content (AvgIpc) is 2.39. The SMILES string of the molecule is CC1CC[C@@H]2CN(C)C[C@@H]2[C@@H]1N. The Morgan fingerprint density at radius 2 is 2.00 bits per heavy atom. The lowest BCUT2D eigenvalue weighted by atomic mass is 9.73. The highest BCUT2D eigenvalue weighted by molar-refractivity contribution is 4.94. The molecule has 1 aliphatic heterocycles. The van der Waals surface area contributed by atoms with Crippen LogP contribution in [0, 0.1) is 17.8 Å². The summed E-state index contributed by atoms with van der Waals surface area (Å²) in [5.74, 6) is 2.44. The molecule has 0 radical (unpaired) electrons. The molecule has 0 amide bonds. The summed E-state index contributed by atoms with van der Waals surface area (Å²) in [5.41, 5.74) is 6.20. The highest BCUT2D eigenvalue weighted by Crippen LogP contribution is 2.37. The van der Waals surface area contributed by atoms with Gasteiger partial charge in [-0.3, -0.25) is 0 Å². The topological polar surface area (TPSA) is 29.3 Å². The molecule has 1 saturated carbocycles. The molecule has 2 fully saturated rings. The Morgan fingerprint density at radius 3 is 2.75 bits per heavy atom. The number of nitrogens with two attached hydrogens (primary N) is 1. The van der Waals surface area contributed by atoms with Gasteiger partial charge in [-0.15, -0.1) is 0 Å². The van der Waals surface area contributed by atoms with E-state index in [-0.39, 0.29) is 0 Å². The van der Waals surface area contributed by atoms with Crippen molar-refractivity contribution in [1.82, 2.24) is 4.90 Å². The molecule has 0 aromatic rings. The van der Waals surface area contributed by atoms with Crippen LogP contribution in [0.5, 0.6) is 0 Å². The molecule has 1 unspecified atom stereocenters. The lowest BCUT2D eigenvalue weighted by molar-refractivity contribution is 0.197. The van der Waals surface area contributed by atoms with Crippen LogP contribution in [0.25, 0.3) is 0 Å². The van der Waals surface area contributed by atoms with Gasteiger partial charge in [-0.25, -0.2) is 0 Å². The van der Waals surface area contributed by atoms with Crippen LogP contribution in [0.15, 0.2) is 0 Å². The summed E-state index contributed by atoms with van der Waals surface area (Å²) < 4.78 is 0. The molecule has 12 heavy (non-hydrogen) atoms. The Balaban J connectivity index is 2.06. The molecule has 0 spiro atoms. The van der Waals surface area contributed by atoms with Crippen molar-refractivity contribution in [3.05, 3.63) is 0 Å². The number of nitrogens with zero attached hydrogens (tertiary/aromatic N) is 1. The van der Waals surface area contributed by atoms with Crippen LogP contribution >= 0.6 is 0 Å². The number of hydrogen-bond donors (Lipinski definition) is 1. The van der Waals surface area contributed by atoms with E-state index in [4.69, 9.17) is 5.73 Å². The van der Waals surface area contributed by atoms with Crippen molar-refractivity contribution < 1.29 is 0 Å². The van der Waals surface area contributed by atoms with Gasteiger partial charge < -0.3 is 10.6 Å². The minimum atomic E-state index is 0.466. The predicted octanol–water partition coefficient (Wildman–Crippen LogP) is 0.921.